The number of hydrogen-bond acceptors (Lipinski definition) is 9. The molecule has 0 atom stereocenters. The number of methoxy groups -OCH3 is 1. The van der Waals surface area contributed by atoms with Gasteiger partial charge in [0.25, 0.3) is 10.0 Å². The van der Waals surface area contributed by atoms with E-state index >= 15 is 0 Å². The highest BCUT2D eigenvalue weighted by Crippen LogP contribution is 2.26. The molecule has 11 nitrogen and oxygen atoms in total. The minimum absolute atomic E-state index is 0.0885. The molecule has 4 rings (SSSR count). The third-order valence-corrected chi connectivity index (χ3v) is 7.96. The number of sulfonamides is 1. The Morgan fingerprint density at radius 2 is 1.67 bits per heavy atom. The van der Waals surface area contributed by atoms with Crippen LogP contribution in [0.3, 0.4) is 0 Å². The number of rotatable bonds is 9. The number of hydrogen-bond donors (Lipinski definition) is 3. The van der Waals surface area contributed by atoms with Crippen molar-refractivity contribution in [2.75, 3.05) is 17.1 Å². The zero-order chi connectivity index (χ0) is 30.3. The molecule has 1 saturated carbocycles. The first-order valence-corrected chi connectivity index (χ1v) is 15.4. The van der Waals surface area contributed by atoms with Crippen LogP contribution in [0.15, 0.2) is 53.8 Å². The summed E-state index contributed by atoms with van der Waals surface area (Å²) < 4.78 is 38.8. The molecule has 0 spiro atoms. The molecule has 0 radical (unpaired) electrons. The van der Waals surface area contributed by atoms with Gasteiger partial charge >= 0.3 is 6.09 Å². The molecule has 13 heteroatoms. The van der Waals surface area contributed by atoms with Gasteiger partial charge in [0.15, 0.2) is 5.03 Å². The van der Waals surface area contributed by atoms with Crippen molar-refractivity contribution in [2.24, 2.45) is 0 Å². The van der Waals surface area contributed by atoms with Gasteiger partial charge in [0.2, 0.25) is 11.8 Å². The summed E-state index contributed by atoms with van der Waals surface area (Å²) in [6.45, 7) is 5.53. The smallest absolute Gasteiger partial charge is 0.407 e. The fourth-order valence-electron chi connectivity index (χ4n) is 4.34. The van der Waals surface area contributed by atoms with E-state index in [0.717, 1.165) is 31.2 Å². The lowest BCUT2D eigenvalue weighted by molar-refractivity contribution is 0.0492. The van der Waals surface area contributed by atoms with Gasteiger partial charge in [-0.1, -0.05) is 29.8 Å². The van der Waals surface area contributed by atoms with Crippen LogP contribution in [-0.4, -0.2) is 54.3 Å². The highest BCUT2D eigenvalue weighted by atomic mass is 35.5. The Balaban J connectivity index is 1.32. The lowest BCUT2D eigenvalue weighted by atomic mass is 9.91. The number of amides is 1. The van der Waals surface area contributed by atoms with Crippen molar-refractivity contribution < 1.29 is 22.7 Å². The molecule has 1 fully saturated rings. The Labute approximate surface area is 251 Å². The van der Waals surface area contributed by atoms with E-state index in [1.807, 2.05) is 20.8 Å². The average Bonchev–Trinajstić information content (AvgIpc) is 2.94. The topological polar surface area (TPSA) is 144 Å². The molecule has 42 heavy (non-hydrogen) atoms. The molecule has 1 aliphatic carbocycles. The molecule has 224 valence electrons. The van der Waals surface area contributed by atoms with Crippen molar-refractivity contribution in [1.82, 2.24) is 20.3 Å². The number of ether oxygens (including phenoxy) is 2. The van der Waals surface area contributed by atoms with Crippen LogP contribution in [0.2, 0.25) is 5.02 Å². The summed E-state index contributed by atoms with van der Waals surface area (Å²) >= 11 is 6.08. The maximum Gasteiger partial charge on any atom is 0.407 e. The fourth-order valence-corrected chi connectivity index (χ4v) is 5.60. The van der Waals surface area contributed by atoms with Crippen LogP contribution in [-0.2, 0) is 14.8 Å². The Bertz CT molecular complexity index is 1520. The van der Waals surface area contributed by atoms with E-state index in [4.69, 9.17) is 21.1 Å². The van der Waals surface area contributed by atoms with E-state index in [9.17, 15) is 13.2 Å². The summed E-state index contributed by atoms with van der Waals surface area (Å²) in [7, 11) is -2.57. The first-order chi connectivity index (χ1) is 19.9. The molecule has 0 saturated heterocycles. The average molecular weight is 615 g/mol. The second kappa shape index (κ2) is 13.4. The lowest BCUT2D eigenvalue weighted by Crippen LogP contribution is -2.42. The first-order valence-electron chi connectivity index (χ1n) is 13.5. The lowest BCUT2D eigenvalue weighted by Gasteiger charge is -2.30. The van der Waals surface area contributed by atoms with Crippen LogP contribution in [0.5, 0.6) is 5.88 Å². The van der Waals surface area contributed by atoms with E-state index in [0.29, 0.717) is 11.5 Å². The molecular weight excluding hydrogens is 580 g/mol. The van der Waals surface area contributed by atoms with Gasteiger partial charge in [-0.3, -0.25) is 4.72 Å². The number of nitrogens with one attached hydrogen (secondary N) is 3. The maximum atomic E-state index is 12.8. The standard InChI is InChI=1S/C29H35ClN6O5S/c1-29(2,3)41-28(37)34-22-14-12-21(13-15-22)33-27-31-17-19(18-32-27)9-10-20-11-16-25(35-26(20)40-4)42(38,39)36-24-8-6-5-7-23(24)30/h5-11,16-18,21-22,36H,12-15H2,1-4H3,(H,34,37)(H,31,32,33)/b10-9+. The third-order valence-electron chi connectivity index (χ3n) is 6.36. The molecule has 0 aliphatic heterocycles. The van der Waals surface area contributed by atoms with Gasteiger partial charge in [0, 0.05) is 35.6 Å². The quantitative estimate of drug-likeness (QED) is 0.274. The minimum Gasteiger partial charge on any atom is -0.481 e. The number of anilines is 2. The van der Waals surface area contributed by atoms with Crippen LogP contribution in [0.25, 0.3) is 12.2 Å². The number of benzene rings is 1. The SMILES string of the molecule is COc1nc(S(=O)(=O)Nc2ccccc2Cl)ccc1/C=C/c1cnc(NC2CCC(NC(=O)OC(C)(C)C)CC2)nc1. The van der Waals surface area contributed by atoms with Crippen LogP contribution in [0.4, 0.5) is 16.4 Å². The third kappa shape index (κ3) is 8.80. The predicted molar refractivity (Wildman–Crippen MR) is 163 cm³/mol. The van der Waals surface area contributed by atoms with E-state index < -0.39 is 15.6 Å². The summed E-state index contributed by atoms with van der Waals surface area (Å²) in [5.41, 5.74) is 1.05. The largest absolute Gasteiger partial charge is 0.481 e. The Hall–Kier alpha value is -3.90. The van der Waals surface area contributed by atoms with Crippen molar-refractivity contribution in [3.63, 3.8) is 0 Å². The molecule has 2 heterocycles. The summed E-state index contributed by atoms with van der Waals surface area (Å²) in [6.07, 6.45) is 9.94. The molecule has 0 bridgehead atoms. The Kier molecular flexibility index (Phi) is 9.89. The molecule has 1 aromatic carbocycles. The van der Waals surface area contributed by atoms with Crippen LogP contribution < -0.4 is 20.1 Å². The summed E-state index contributed by atoms with van der Waals surface area (Å²) in [5, 5.41) is 6.38. The summed E-state index contributed by atoms with van der Waals surface area (Å²) in [4.78, 5) is 25.0. The van der Waals surface area contributed by atoms with Crippen LogP contribution in [0.1, 0.15) is 57.6 Å². The zero-order valence-corrected chi connectivity index (χ0v) is 25.5. The number of carbonyl (C=O) groups excluding carboxylic acids is 1. The van der Waals surface area contributed by atoms with Gasteiger partial charge < -0.3 is 20.1 Å². The van der Waals surface area contributed by atoms with Crippen molar-refractivity contribution >= 4 is 51.5 Å². The van der Waals surface area contributed by atoms with Crippen molar-refractivity contribution in [3.05, 3.63) is 64.9 Å². The number of pyridine rings is 1. The molecule has 1 aliphatic rings. The first kappa shape index (κ1) is 31.0. The van der Waals surface area contributed by atoms with Crippen molar-refractivity contribution in [1.29, 1.82) is 0 Å². The molecular formula is C29H35ClN6O5S. The molecule has 2 aromatic heterocycles. The summed E-state index contributed by atoms with van der Waals surface area (Å²) in [5.74, 6) is 0.666. The maximum absolute atomic E-state index is 12.8. The number of carbonyl (C=O) groups is 1. The second-order valence-electron chi connectivity index (χ2n) is 10.8. The molecule has 3 aromatic rings. The Morgan fingerprint density at radius 1 is 1.00 bits per heavy atom. The summed E-state index contributed by atoms with van der Waals surface area (Å²) in [6, 6.07) is 9.83. The van der Waals surface area contributed by atoms with Gasteiger partial charge in [0.05, 0.1) is 17.8 Å². The molecule has 0 unspecified atom stereocenters. The fraction of sp³-hybridized carbons (Fsp3) is 0.379. The van der Waals surface area contributed by atoms with Gasteiger partial charge in [0.1, 0.15) is 5.60 Å². The van der Waals surface area contributed by atoms with E-state index in [2.05, 4.69) is 30.3 Å². The van der Waals surface area contributed by atoms with Gasteiger partial charge in [-0.25, -0.2) is 14.8 Å². The van der Waals surface area contributed by atoms with E-state index in [-0.39, 0.29) is 39.8 Å². The van der Waals surface area contributed by atoms with Gasteiger partial charge in [-0.15, -0.1) is 0 Å². The monoisotopic (exact) mass is 614 g/mol. The van der Waals surface area contributed by atoms with Crippen LogP contribution >= 0.6 is 11.6 Å². The highest BCUT2D eigenvalue weighted by Gasteiger charge is 2.25. The number of halogens is 1. The second-order valence-corrected chi connectivity index (χ2v) is 12.9. The van der Waals surface area contributed by atoms with Crippen molar-refractivity contribution in [2.45, 2.75) is 69.2 Å². The predicted octanol–water partition coefficient (Wildman–Crippen LogP) is 5.75. The number of nitrogens with zero attached hydrogens (tertiary/aromatic N) is 3. The number of aromatic nitrogens is 3. The van der Waals surface area contributed by atoms with E-state index in [1.54, 1.807) is 54.9 Å². The Morgan fingerprint density at radius 3 is 2.31 bits per heavy atom. The van der Waals surface area contributed by atoms with E-state index in [1.165, 1.54) is 13.2 Å². The highest BCUT2D eigenvalue weighted by molar-refractivity contribution is 7.92. The van der Waals surface area contributed by atoms with Gasteiger partial charge in [-0.2, -0.15) is 13.4 Å². The molecule has 3 N–H and O–H groups in total. The van der Waals surface area contributed by atoms with Crippen LogP contribution in [0, 0.1) is 0 Å². The zero-order valence-electron chi connectivity index (χ0n) is 23.9. The minimum atomic E-state index is -3.99. The number of alkyl carbamates (subject to hydrolysis) is 1. The van der Waals surface area contributed by atoms with Gasteiger partial charge in [-0.05, 0) is 76.8 Å². The molecule has 1 amide bonds. The number of para-hydroxylation sites is 1. The normalized spacial score (nSPS) is 17.5. The van der Waals surface area contributed by atoms with Crippen molar-refractivity contribution in [3.8, 4) is 5.88 Å².